The Morgan fingerprint density at radius 2 is 1.88 bits per heavy atom. The molecule has 2 fully saturated rings. The van der Waals surface area contributed by atoms with Crippen molar-refractivity contribution in [3.8, 4) is 0 Å². The lowest BCUT2D eigenvalue weighted by Gasteiger charge is -2.27. The van der Waals surface area contributed by atoms with Gasteiger partial charge in [-0.15, -0.1) is 0 Å². The van der Waals surface area contributed by atoms with Gasteiger partial charge in [0.25, 0.3) is 0 Å². The highest BCUT2D eigenvalue weighted by Gasteiger charge is 2.29. The van der Waals surface area contributed by atoms with Gasteiger partial charge in [-0.05, 0) is 37.3 Å². The van der Waals surface area contributed by atoms with Crippen LogP contribution in [0.25, 0.3) is 0 Å². The molecule has 0 radical (unpaired) electrons. The molecule has 2 aliphatic rings. The fourth-order valence-corrected chi connectivity index (χ4v) is 3.35. The number of rotatable bonds is 5. The van der Waals surface area contributed by atoms with E-state index < -0.39 is 0 Å². The average molecular weight is 224 g/mol. The second-order valence-corrected chi connectivity index (χ2v) is 5.44. The summed E-state index contributed by atoms with van der Waals surface area (Å²) in [6, 6.07) is 0. The highest BCUT2D eigenvalue weighted by molar-refractivity contribution is 5.45. The van der Waals surface area contributed by atoms with E-state index in [1.54, 1.807) is 0 Å². The van der Waals surface area contributed by atoms with Crippen LogP contribution < -0.4 is 10.6 Å². The van der Waals surface area contributed by atoms with E-state index in [9.17, 15) is 4.79 Å². The first kappa shape index (κ1) is 11.9. The SMILES string of the molecule is O=CNC[C@@H]1CNC[C@H]1CC1CCCCC1. The minimum atomic E-state index is 0.659. The fraction of sp³-hybridized carbons (Fsp3) is 0.923. The van der Waals surface area contributed by atoms with Crippen LogP contribution in [-0.2, 0) is 4.79 Å². The maximum absolute atomic E-state index is 10.3. The van der Waals surface area contributed by atoms with Gasteiger partial charge in [0.15, 0.2) is 0 Å². The van der Waals surface area contributed by atoms with Crippen LogP contribution >= 0.6 is 0 Å². The maximum atomic E-state index is 10.3. The van der Waals surface area contributed by atoms with Gasteiger partial charge in [0.1, 0.15) is 0 Å². The maximum Gasteiger partial charge on any atom is 0.207 e. The first-order valence-corrected chi connectivity index (χ1v) is 6.78. The molecule has 0 aromatic rings. The summed E-state index contributed by atoms with van der Waals surface area (Å²) in [6.45, 7) is 3.09. The normalized spacial score (nSPS) is 31.5. The summed E-state index contributed by atoms with van der Waals surface area (Å²) in [5.74, 6) is 2.40. The number of amides is 1. The Kier molecular flexibility index (Phi) is 4.64. The summed E-state index contributed by atoms with van der Waals surface area (Å²) in [4.78, 5) is 10.3. The van der Waals surface area contributed by atoms with E-state index in [4.69, 9.17) is 0 Å². The zero-order valence-corrected chi connectivity index (χ0v) is 10.1. The van der Waals surface area contributed by atoms with Crippen LogP contribution in [-0.4, -0.2) is 26.0 Å². The molecule has 2 rings (SSSR count). The van der Waals surface area contributed by atoms with Crippen LogP contribution in [0.3, 0.4) is 0 Å². The summed E-state index contributed by atoms with van der Waals surface area (Å²) in [5, 5.41) is 6.30. The van der Waals surface area contributed by atoms with Gasteiger partial charge in [-0.25, -0.2) is 0 Å². The predicted molar refractivity (Wildman–Crippen MR) is 65.1 cm³/mol. The van der Waals surface area contributed by atoms with Crippen LogP contribution in [0.15, 0.2) is 0 Å². The highest BCUT2D eigenvalue weighted by atomic mass is 16.1. The molecule has 92 valence electrons. The highest BCUT2D eigenvalue weighted by Crippen LogP contribution is 2.32. The number of hydrogen-bond donors (Lipinski definition) is 2. The van der Waals surface area contributed by atoms with Gasteiger partial charge in [-0.2, -0.15) is 0 Å². The number of nitrogens with one attached hydrogen (secondary N) is 2. The largest absolute Gasteiger partial charge is 0.358 e. The summed E-state index contributed by atoms with van der Waals surface area (Å²) in [6.07, 6.45) is 9.38. The molecule has 0 aromatic carbocycles. The number of carbonyl (C=O) groups is 1. The molecular weight excluding hydrogens is 200 g/mol. The van der Waals surface area contributed by atoms with Crippen molar-refractivity contribution in [1.29, 1.82) is 0 Å². The smallest absolute Gasteiger partial charge is 0.207 e. The Balaban J connectivity index is 1.75. The Labute approximate surface area is 98.4 Å². The van der Waals surface area contributed by atoms with E-state index in [0.29, 0.717) is 5.92 Å². The van der Waals surface area contributed by atoms with E-state index >= 15 is 0 Å². The Hall–Kier alpha value is -0.570. The molecule has 0 unspecified atom stereocenters. The van der Waals surface area contributed by atoms with Crippen molar-refractivity contribution in [2.24, 2.45) is 17.8 Å². The second-order valence-electron chi connectivity index (χ2n) is 5.44. The van der Waals surface area contributed by atoms with Crippen LogP contribution in [0.2, 0.25) is 0 Å². The molecule has 1 heterocycles. The molecule has 1 amide bonds. The number of hydrogen-bond acceptors (Lipinski definition) is 2. The average Bonchev–Trinajstić information content (AvgIpc) is 2.75. The molecule has 2 atom stereocenters. The first-order valence-electron chi connectivity index (χ1n) is 6.78. The molecule has 0 bridgehead atoms. The van der Waals surface area contributed by atoms with Crippen LogP contribution in [0.5, 0.6) is 0 Å². The van der Waals surface area contributed by atoms with Gasteiger partial charge in [0, 0.05) is 6.54 Å². The van der Waals surface area contributed by atoms with Crippen molar-refractivity contribution in [3.63, 3.8) is 0 Å². The third kappa shape index (κ3) is 3.21. The Morgan fingerprint density at radius 3 is 2.62 bits per heavy atom. The summed E-state index contributed by atoms with van der Waals surface area (Å²) < 4.78 is 0. The van der Waals surface area contributed by atoms with Crippen molar-refractivity contribution in [1.82, 2.24) is 10.6 Å². The molecule has 3 nitrogen and oxygen atoms in total. The topological polar surface area (TPSA) is 41.1 Å². The number of carbonyl (C=O) groups excluding carboxylic acids is 1. The van der Waals surface area contributed by atoms with E-state index in [-0.39, 0.29) is 0 Å². The lowest BCUT2D eigenvalue weighted by atomic mass is 9.79. The van der Waals surface area contributed by atoms with E-state index in [2.05, 4.69) is 10.6 Å². The van der Waals surface area contributed by atoms with Gasteiger partial charge in [0.2, 0.25) is 6.41 Å². The molecule has 2 N–H and O–H groups in total. The lowest BCUT2D eigenvalue weighted by molar-refractivity contribution is -0.109. The quantitative estimate of drug-likeness (QED) is 0.696. The van der Waals surface area contributed by atoms with Crippen LogP contribution in [0.1, 0.15) is 38.5 Å². The molecule has 0 spiro atoms. The molecular formula is C13H24N2O. The molecule has 1 saturated carbocycles. The third-order valence-electron chi connectivity index (χ3n) is 4.30. The summed E-state index contributed by atoms with van der Waals surface area (Å²) >= 11 is 0. The zero-order valence-electron chi connectivity index (χ0n) is 10.1. The van der Waals surface area contributed by atoms with Gasteiger partial charge < -0.3 is 10.6 Å². The van der Waals surface area contributed by atoms with Crippen molar-refractivity contribution in [2.45, 2.75) is 38.5 Å². The Morgan fingerprint density at radius 1 is 1.12 bits per heavy atom. The summed E-state index contributed by atoms with van der Waals surface area (Å²) in [7, 11) is 0. The van der Waals surface area contributed by atoms with Crippen molar-refractivity contribution >= 4 is 6.41 Å². The van der Waals surface area contributed by atoms with E-state index in [1.165, 1.54) is 38.5 Å². The third-order valence-corrected chi connectivity index (χ3v) is 4.30. The second kappa shape index (κ2) is 6.24. The van der Waals surface area contributed by atoms with Crippen molar-refractivity contribution < 1.29 is 4.79 Å². The van der Waals surface area contributed by atoms with E-state index in [0.717, 1.165) is 37.9 Å². The van der Waals surface area contributed by atoms with Gasteiger partial charge >= 0.3 is 0 Å². The minimum Gasteiger partial charge on any atom is -0.358 e. The van der Waals surface area contributed by atoms with Crippen LogP contribution in [0, 0.1) is 17.8 Å². The van der Waals surface area contributed by atoms with Crippen molar-refractivity contribution in [3.05, 3.63) is 0 Å². The molecule has 16 heavy (non-hydrogen) atoms. The van der Waals surface area contributed by atoms with Gasteiger partial charge in [-0.1, -0.05) is 32.1 Å². The lowest BCUT2D eigenvalue weighted by Crippen LogP contribution is -2.28. The predicted octanol–water partition coefficient (Wildman–Crippen LogP) is 1.54. The van der Waals surface area contributed by atoms with Crippen LogP contribution in [0.4, 0.5) is 0 Å². The van der Waals surface area contributed by atoms with E-state index in [1.807, 2.05) is 0 Å². The molecule has 1 aliphatic heterocycles. The zero-order chi connectivity index (χ0) is 11.2. The standard InChI is InChI=1S/C13H24N2O/c16-10-15-9-13-8-14-7-12(13)6-11-4-2-1-3-5-11/h10-14H,1-9H2,(H,15,16)/t12-,13+/m1/s1. The monoisotopic (exact) mass is 224 g/mol. The minimum absolute atomic E-state index is 0.659. The van der Waals surface area contributed by atoms with Gasteiger partial charge in [-0.3, -0.25) is 4.79 Å². The molecule has 1 saturated heterocycles. The Bertz CT molecular complexity index is 214. The fourth-order valence-electron chi connectivity index (χ4n) is 3.35. The molecule has 1 aliphatic carbocycles. The summed E-state index contributed by atoms with van der Waals surface area (Å²) in [5.41, 5.74) is 0. The molecule has 3 heteroatoms. The molecule has 0 aromatic heterocycles. The van der Waals surface area contributed by atoms with Gasteiger partial charge in [0.05, 0.1) is 0 Å². The van der Waals surface area contributed by atoms with Crippen molar-refractivity contribution in [2.75, 3.05) is 19.6 Å². The first-order chi connectivity index (χ1) is 7.90.